The van der Waals surface area contributed by atoms with Gasteiger partial charge in [-0.2, -0.15) is 0 Å². The zero-order valence-electron chi connectivity index (χ0n) is 14.3. The van der Waals surface area contributed by atoms with Gasteiger partial charge in [-0.15, -0.1) is 0 Å². The Labute approximate surface area is 157 Å². The molecular weight excluding hydrogens is 355 g/mol. The van der Waals surface area contributed by atoms with E-state index in [1.165, 1.54) is 6.07 Å². The van der Waals surface area contributed by atoms with Crippen molar-refractivity contribution < 1.29 is 14.0 Å². The highest BCUT2D eigenvalue weighted by atomic mass is 35.5. The lowest BCUT2D eigenvalue weighted by atomic mass is 10.1. The number of piperazine rings is 1. The van der Waals surface area contributed by atoms with Gasteiger partial charge in [0.2, 0.25) is 11.8 Å². The highest BCUT2D eigenvalue weighted by Gasteiger charge is 2.24. The topological polar surface area (TPSA) is 40.6 Å². The molecule has 0 atom stereocenters. The van der Waals surface area contributed by atoms with Crippen molar-refractivity contribution >= 4 is 23.4 Å². The van der Waals surface area contributed by atoms with E-state index in [-0.39, 0.29) is 30.5 Å². The average molecular weight is 375 g/mol. The molecule has 2 aromatic rings. The summed E-state index contributed by atoms with van der Waals surface area (Å²) in [5.41, 5.74) is 1.20. The first-order chi connectivity index (χ1) is 12.5. The Bertz CT molecular complexity index is 736. The maximum absolute atomic E-state index is 13.7. The number of nitrogens with zero attached hydrogens (tertiary/aromatic N) is 2. The number of carbonyl (C=O) groups is 2. The van der Waals surface area contributed by atoms with E-state index >= 15 is 0 Å². The van der Waals surface area contributed by atoms with E-state index in [4.69, 9.17) is 11.6 Å². The second-order valence-corrected chi connectivity index (χ2v) is 6.71. The molecular formula is C20H20ClFN2O2. The highest BCUT2D eigenvalue weighted by Crippen LogP contribution is 2.17. The number of halogens is 2. The van der Waals surface area contributed by atoms with Crippen molar-refractivity contribution in [2.75, 3.05) is 26.2 Å². The van der Waals surface area contributed by atoms with Gasteiger partial charge in [-0.25, -0.2) is 4.39 Å². The van der Waals surface area contributed by atoms with Gasteiger partial charge in [-0.3, -0.25) is 9.59 Å². The molecule has 1 fully saturated rings. The molecule has 136 valence electrons. The van der Waals surface area contributed by atoms with Crippen LogP contribution in [0.1, 0.15) is 11.1 Å². The summed E-state index contributed by atoms with van der Waals surface area (Å²) in [6.45, 7) is 1.88. The Hall–Kier alpha value is -2.40. The molecule has 2 amide bonds. The Morgan fingerprint density at radius 1 is 0.808 bits per heavy atom. The molecule has 0 unspecified atom stereocenters. The Morgan fingerprint density at radius 2 is 1.27 bits per heavy atom. The third kappa shape index (κ3) is 4.41. The van der Waals surface area contributed by atoms with E-state index in [0.717, 1.165) is 5.56 Å². The Kier molecular flexibility index (Phi) is 5.89. The van der Waals surface area contributed by atoms with Crippen molar-refractivity contribution in [3.8, 4) is 0 Å². The van der Waals surface area contributed by atoms with E-state index in [1.807, 2.05) is 18.2 Å². The standard InChI is InChI=1S/C20H20ClFN2O2/c21-17-7-3-1-5-15(17)13-19(25)23-9-11-24(12-10-23)20(26)14-16-6-2-4-8-18(16)22/h1-8H,9-14H2. The molecule has 0 bridgehead atoms. The second kappa shape index (κ2) is 8.32. The van der Waals surface area contributed by atoms with Crippen LogP contribution in [0.25, 0.3) is 0 Å². The Balaban J connectivity index is 1.52. The number of benzene rings is 2. The lowest BCUT2D eigenvalue weighted by Crippen LogP contribution is -2.51. The van der Waals surface area contributed by atoms with Crippen LogP contribution in [-0.2, 0) is 22.4 Å². The van der Waals surface area contributed by atoms with Crippen LogP contribution in [0.15, 0.2) is 48.5 Å². The van der Waals surface area contributed by atoms with Crippen molar-refractivity contribution in [3.63, 3.8) is 0 Å². The predicted molar refractivity (Wildman–Crippen MR) is 98.4 cm³/mol. The predicted octanol–water partition coefficient (Wildman–Crippen LogP) is 2.94. The largest absolute Gasteiger partial charge is 0.339 e. The van der Waals surface area contributed by atoms with E-state index in [1.54, 1.807) is 34.1 Å². The zero-order chi connectivity index (χ0) is 18.5. The molecule has 0 aliphatic carbocycles. The molecule has 0 spiro atoms. The zero-order valence-corrected chi connectivity index (χ0v) is 15.1. The van der Waals surface area contributed by atoms with Gasteiger partial charge in [0, 0.05) is 31.2 Å². The van der Waals surface area contributed by atoms with Gasteiger partial charge in [-0.1, -0.05) is 48.0 Å². The lowest BCUT2D eigenvalue weighted by molar-refractivity contribution is -0.138. The van der Waals surface area contributed by atoms with Crippen LogP contribution in [-0.4, -0.2) is 47.8 Å². The first-order valence-corrected chi connectivity index (χ1v) is 8.95. The number of rotatable bonds is 4. The number of hydrogen-bond acceptors (Lipinski definition) is 2. The number of hydrogen-bond donors (Lipinski definition) is 0. The summed E-state index contributed by atoms with van der Waals surface area (Å²) in [6, 6.07) is 13.6. The van der Waals surface area contributed by atoms with Crippen LogP contribution in [0.5, 0.6) is 0 Å². The van der Waals surface area contributed by atoms with Crippen molar-refractivity contribution in [3.05, 3.63) is 70.5 Å². The summed E-state index contributed by atoms with van der Waals surface area (Å²) >= 11 is 6.11. The fourth-order valence-corrected chi connectivity index (χ4v) is 3.24. The molecule has 0 saturated carbocycles. The summed E-state index contributed by atoms with van der Waals surface area (Å²) in [6.07, 6.45) is 0.295. The average Bonchev–Trinajstić information content (AvgIpc) is 2.65. The molecule has 1 saturated heterocycles. The first-order valence-electron chi connectivity index (χ1n) is 8.57. The van der Waals surface area contributed by atoms with Gasteiger partial charge in [0.05, 0.1) is 12.8 Å². The summed E-state index contributed by atoms with van der Waals surface area (Å²) in [4.78, 5) is 28.2. The third-order valence-electron chi connectivity index (χ3n) is 4.58. The molecule has 2 aromatic carbocycles. The molecule has 3 rings (SSSR count). The summed E-state index contributed by atoms with van der Waals surface area (Å²) in [5.74, 6) is -0.484. The van der Waals surface area contributed by atoms with Crippen molar-refractivity contribution in [2.24, 2.45) is 0 Å². The SMILES string of the molecule is O=C(Cc1ccccc1F)N1CCN(C(=O)Cc2ccccc2Cl)CC1. The van der Waals surface area contributed by atoms with Gasteiger partial charge in [0.15, 0.2) is 0 Å². The molecule has 0 N–H and O–H groups in total. The molecule has 6 heteroatoms. The number of carbonyl (C=O) groups excluding carboxylic acids is 2. The molecule has 0 aromatic heterocycles. The van der Waals surface area contributed by atoms with Crippen LogP contribution < -0.4 is 0 Å². The van der Waals surface area contributed by atoms with E-state index in [2.05, 4.69) is 0 Å². The number of amides is 2. The summed E-state index contributed by atoms with van der Waals surface area (Å²) < 4.78 is 13.7. The smallest absolute Gasteiger partial charge is 0.227 e. The minimum absolute atomic E-state index is 0.000646. The second-order valence-electron chi connectivity index (χ2n) is 6.30. The highest BCUT2D eigenvalue weighted by molar-refractivity contribution is 6.31. The monoisotopic (exact) mass is 374 g/mol. The van der Waals surface area contributed by atoms with Crippen LogP contribution in [0, 0.1) is 5.82 Å². The maximum Gasteiger partial charge on any atom is 0.227 e. The van der Waals surface area contributed by atoms with Crippen molar-refractivity contribution in [1.82, 2.24) is 9.80 Å². The molecule has 26 heavy (non-hydrogen) atoms. The van der Waals surface area contributed by atoms with Crippen molar-refractivity contribution in [2.45, 2.75) is 12.8 Å². The van der Waals surface area contributed by atoms with Crippen LogP contribution >= 0.6 is 11.6 Å². The van der Waals surface area contributed by atoms with Gasteiger partial charge in [0.1, 0.15) is 5.82 Å². The van der Waals surface area contributed by atoms with Crippen LogP contribution in [0.2, 0.25) is 5.02 Å². The quantitative estimate of drug-likeness (QED) is 0.825. The minimum atomic E-state index is -0.366. The summed E-state index contributed by atoms with van der Waals surface area (Å²) in [7, 11) is 0. The third-order valence-corrected chi connectivity index (χ3v) is 4.95. The van der Waals surface area contributed by atoms with Crippen molar-refractivity contribution in [1.29, 1.82) is 0 Å². The molecule has 4 nitrogen and oxygen atoms in total. The van der Waals surface area contributed by atoms with Gasteiger partial charge in [0.25, 0.3) is 0 Å². The molecule has 1 aliphatic rings. The molecule has 1 aliphatic heterocycles. The fourth-order valence-electron chi connectivity index (χ4n) is 3.04. The van der Waals surface area contributed by atoms with Gasteiger partial charge < -0.3 is 9.80 Å². The lowest BCUT2D eigenvalue weighted by Gasteiger charge is -2.35. The summed E-state index contributed by atoms with van der Waals surface area (Å²) in [5, 5.41) is 0.583. The molecule has 0 radical (unpaired) electrons. The Morgan fingerprint density at radius 3 is 1.81 bits per heavy atom. The molecule has 1 heterocycles. The van der Waals surface area contributed by atoms with E-state index < -0.39 is 0 Å². The first kappa shape index (κ1) is 18.4. The van der Waals surface area contributed by atoms with E-state index in [0.29, 0.717) is 36.8 Å². The van der Waals surface area contributed by atoms with Gasteiger partial charge in [-0.05, 0) is 23.3 Å². The van der Waals surface area contributed by atoms with E-state index in [9.17, 15) is 14.0 Å². The van der Waals surface area contributed by atoms with Crippen LogP contribution in [0.3, 0.4) is 0 Å². The minimum Gasteiger partial charge on any atom is -0.339 e. The van der Waals surface area contributed by atoms with Gasteiger partial charge >= 0.3 is 0 Å². The fraction of sp³-hybridized carbons (Fsp3) is 0.300. The normalized spacial score (nSPS) is 14.4. The maximum atomic E-state index is 13.7. The van der Waals surface area contributed by atoms with Crippen LogP contribution in [0.4, 0.5) is 4.39 Å².